The number of fused-ring (bicyclic) bond motifs is 2. The van der Waals surface area contributed by atoms with Crippen LogP contribution in [-0.2, 0) is 11.2 Å². The third-order valence-electron chi connectivity index (χ3n) is 4.85. The van der Waals surface area contributed by atoms with E-state index in [9.17, 15) is 4.79 Å². The zero-order chi connectivity index (χ0) is 15.4. The van der Waals surface area contributed by atoms with Crippen LogP contribution < -0.4 is 5.32 Å². The fourth-order valence-corrected chi connectivity index (χ4v) is 3.42. The summed E-state index contributed by atoms with van der Waals surface area (Å²) in [5.41, 5.74) is 6.80. The normalized spacial score (nSPS) is 17.1. The lowest BCUT2D eigenvalue weighted by molar-refractivity contribution is -0.116. The van der Waals surface area contributed by atoms with Crippen LogP contribution in [0.2, 0.25) is 0 Å². The van der Waals surface area contributed by atoms with Crippen molar-refractivity contribution in [1.29, 1.82) is 0 Å². The SMILES string of the molecule is O=C1CCc2cc(-c3ccc4c(c3)ncn4C3CC3)ccc2N1. The van der Waals surface area contributed by atoms with Gasteiger partial charge in [-0.15, -0.1) is 0 Å². The van der Waals surface area contributed by atoms with Gasteiger partial charge in [-0.1, -0.05) is 12.1 Å². The molecule has 0 unspecified atom stereocenters. The van der Waals surface area contributed by atoms with Gasteiger partial charge >= 0.3 is 0 Å². The fraction of sp³-hybridized carbons (Fsp3) is 0.263. The van der Waals surface area contributed by atoms with Gasteiger partial charge in [-0.3, -0.25) is 4.79 Å². The summed E-state index contributed by atoms with van der Waals surface area (Å²) in [5.74, 6) is 0.109. The standard InChI is InChI=1S/C19H17N3O/c23-19-8-3-14-9-12(1-6-16(14)21-19)13-2-7-18-17(10-13)20-11-22(18)15-4-5-15/h1-2,6-7,9-11,15H,3-5,8H2,(H,21,23). The first kappa shape index (κ1) is 12.9. The van der Waals surface area contributed by atoms with Gasteiger partial charge in [0, 0.05) is 18.2 Å². The van der Waals surface area contributed by atoms with E-state index < -0.39 is 0 Å². The number of hydrogen-bond acceptors (Lipinski definition) is 2. The van der Waals surface area contributed by atoms with Crippen LogP contribution in [0.5, 0.6) is 0 Å². The Bertz CT molecular complexity index is 937. The summed E-state index contributed by atoms with van der Waals surface area (Å²) in [6.45, 7) is 0. The molecule has 1 N–H and O–H groups in total. The predicted octanol–water partition coefficient (Wildman–Crippen LogP) is 3.92. The number of aryl methyl sites for hydroxylation is 1. The fourth-order valence-electron chi connectivity index (χ4n) is 3.42. The van der Waals surface area contributed by atoms with Crippen molar-refractivity contribution < 1.29 is 4.79 Å². The summed E-state index contributed by atoms with van der Waals surface area (Å²) in [7, 11) is 0. The van der Waals surface area contributed by atoms with Crippen LogP contribution in [0.15, 0.2) is 42.7 Å². The molecule has 2 heterocycles. The molecule has 0 atom stereocenters. The van der Waals surface area contributed by atoms with E-state index in [2.05, 4.69) is 45.2 Å². The number of imidazole rings is 1. The number of carbonyl (C=O) groups excluding carboxylic acids is 1. The number of rotatable bonds is 2. The Balaban J connectivity index is 1.56. The molecule has 0 spiro atoms. The molecule has 0 radical (unpaired) electrons. The highest BCUT2D eigenvalue weighted by molar-refractivity contribution is 5.94. The zero-order valence-electron chi connectivity index (χ0n) is 12.7. The first-order chi connectivity index (χ1) is 11.3. The maximum absolute atomic E-state index is 11.5. The van der Waals surface area contributed by atoms with Gasteiger partial charge in [0.2, 0.25) is 5.91 Å². The number of anilines is 1. The van der Waals surface area contributed by atoms with Gasteiger partial charge < -0.3 is 9.88 Å². The molecule has 23 heavy (non-hydrogen) atoms. The van der Waals surface area contributed by atoms with Crippen LogP contribution in [0.3, 0.4) is 0 Å². The quantitative estimate of drug-likeness (QED) is 0.780. The Morgan fingerprint density at radius 2 is 1.87 bits per heavy atom. The highest BCUT2D eigenvalue weighted by Crippen LogP contribution is 2.38. The summed E-state index contributed by atoms with van der Waals surface area (Å²) < 4.78 is 2.29. The molecule has 2 aromatic carbocycles. The molecule has 0 bridgehead atoms. The number of carbonyl (C=O) groups is 1. The van der Waals surface area contributed by atoms with Crippen LogP contribution >= 0.6 is 0 Å². The number of hydrogen-bond donors (Lipinski definition) is 1. The molecule has 2 aliphatic rings. The summed E-state index contributed by atoms with van der Waals surface area (Å²) >= 11 is 0. The Morgan fingerprint density at radius 3 is 2.74 bits per heavy atom. The predicted molar refractivity (Wildman–Crippen MR) is 90.4 cm³/mol. The van der Waals surface area contributed by atoms with E-state index in [1.165, 1.54) is 35.0 Å². The summed E-state index contributed by atoms with van der Waals surface area (Å²) in [4.78, 5) is 16.0. The molecule has 1 amide bonds. The van der Waals surface area contributed by atoms with Crippen LogP contribution in [-0.4, -0.2) is 15.5 Å². The molecule has 5 rings (SSSR count). The van der Waals surface area contributed by atoms with Crippen molar-refractivity contribution in [2.24, 2.45) is 0 Å². The number of benzene rings is 2. The monoisotopic (exact) mass is 303 g/mol. The first-order valence-electron chi connectivity index (χ1n) is 8.18. The second-order valence-electron chi connectivity index (χ2n) is 6.51. The average Bonchev–Trinajstić information content (AvgIpc) is 3.33. The Hall–Kier alpha value is -2.62. The molecule has 4 heteroatoms. The van der Waals surface area contributed by atoms with E-state index in [-0.39, 0.29) is 5.91 Å². The van der Waals surface area contributed by atoms with Crippen LogP contribution in [0.25, 0.3) is 22.2 Å². The van der Waals surface area contributed by atoms with E-state index in [0.29, 0.717) is 12.5 Å². The second-order valence-corrected chi connectivity index (χ2v) is 6.51. The highest BCUT2D eigenvalue weighted by atomic mass is 16.1. The molecule has 1 fully saturated rings. The van der Waals surface area contributed by atoms with Crippen molar-refractivity contribution in [3.05, 3.63) is 48.3 Å². The minimum absolute atomic E-state index is 0.109. The van der Waals surface area contributed by atoms with Gasteiger partial charge in [-0.25, -0.2) is 4.98 Å². The molecular weight excluding hydrogens is 286 g/mol. The zero-order valence-corrected chi connectivity index (χ0v) is 12.7. The molecule has 1 saturated carbocycles. The Labute approximate surface area is 134 Å². The number of nitrogens with one attached hydrogen (secondary N) is 1. The lowest BCUT2D eigenvalue weighted by Gasteiger charge is -2.17. The van der Waals surface area contributed by atoms with Crippen molar-refractivity contribution in [1.82, 2.24) is 9.55 Å². The van der Waals surface area contributed by atoms with Crippen molar-refractivity contribution in [3.8, 4) is 11.1 Å². The minimum Gasteiger partial charge on any atom is -0.327 e. The molecular formula is C19H17N3O. The van der Waals surface area contributed by atoms with E-state index >= 15 is 0 Å². The van der Waals surface area contributed by atoms with Gasteiger partial charge in [0.25, 0.3) is 0 Å². The lowest BCUT2D eigenvalue weighted by atomic mass is 9.97. The molecule has 0 saturated heterocycles. The minimum atomic E-state index is 0.109. The van der Waals surface area contributed by atoms with Crippen molar-refractivity contribution in [2.45, 2.75) is 31.7 Å². The van der Waals surface area contributed by atoms with Crippen LogP contribution in [0, 0.1) is 0 Å². The second kappa shape index (κ2) is 4.69. The third-order valence-corrected chi connectivity index (χ3v) is 4.85. The van der Waals surface area contributed by atoms with Gasteiger partial charge in [0.1, 0.15) is 0 Å². The topological polar surface area (TPSA) is 46.9 Å². The van der Waals surface area contributed by atoms with Crippen molar-refractivity contribution >= 4 is 22.6 Å². The Kier molecular flexibility index (Phi) is 2.62. The molecule has 114 valence electrons. The van der Waals surface area contributed by atoms with Gasteiger partial charge in [0.15, 0.2) is 0 Å². The lowest BCUT2D eigenvalue weighted by Crippen LogP contribution is -2.18. The molecule has 4 nitrogen and oxygen atoms in total. The van der Waals surface area contributed by atoms with Crippen LogP contribution in [0.4, 0.5) is 5.69 Å². The number of nitrogens with zero attached hydrogens (tertiary/aromatic N) is 2. The molecule has 1 aromatic heterocycles. The highest BCUT2D eigenvalue weighted by Gasteiger charge is 2.24. The molecule has 1 aliphatic carbocycles. The third kappa shape index (κ3) is 2.13. The smallest absolute Gasteiger partial charge is 0.224 e. The summed E-state index contributed by atoms with van der Waals surface area (Å²) in [6.07, 6.45) is 5.89. The number of amides is 1. The Morgan fingerprint density at radius 1 is 1.04 bits per heavy atom. The largest absolute Gasteiger partial charge is 0.327 e. The van der Waals surface area contributed by atoms with E-state index in [1.54, 1.807) is 0 Å². The van der Waals surface area contributed by atoms with E-state index in [1.807, 2.05) is 12.4 Å². The van der Waals surface area contributed by atoms with E-state index in [0.717, 1.165) is 17.6 Å². The van der Waals surface area contributed by atoms with E-state index in [4.69, 9.17) is 0 Å². The summed E-state index contributed by atoms with van der Waals surface area (Å²) in [6, 6.07) is 13.4. The number of aromatic nitrogens is 2. The van der Waals surface area contributed by atoms with Gasteiger partial charge in [-0.05, 0) is 60.2 Å². The van der Waals surface area contributed by atoms with Crippen molar-refractivity contribution in [3.63, 3.8) is 0 Å². The van der Waals surface area contributed by atoms with Crippen LogP contribution in [0.1, 0.15) is 30.9 Å². The first-order valence-corrected chi connectivity index (χ1v) is 8.18. The summed E-state index contributed by atoms with van der Waals surface area (Å²) in [5, 5.41) is 2.94. The average molecular weight is 303 g/mol. The maximum Gasteiger partial charge on any atom is 0.224 e. The molecule has 3 aromatic rings. The molecule has 1 aliphatic heterocycles. The van der Waals surface area contributed by atoms with Gasteiger partial charge in [-0.2, -0.15) is 0 Å². The van der Waals surface area contributed by atoms with Gasteiger partial charge in [0.05, 0.1) is 17.4 Å². The maximum atomic E-state index is 11.5. The van der Waals surface area contributed by atoms with Crippen molar-refractivity contribution in [2.75, 3.05) is 5.32 Å².